The van der Waals surface area contributed by atoms with Gasteiger partial charge in [-0.25, -0.2) is 0 Å². The Kier molecular flexibility index (Phi) is 20.6. The van der Waals surface area contributed by atoms with Crippen LogP contribution in [0.1, 0.15) is 27.7 Å². The van der Waals surface area contributed by atoms with Crippen LogP contribution >= 0.6 is 92.8 Å². The largest absolute Gasteiger partial charge is 2.00 e. The smallest absolute Gasteiger partial charge is 0.676 e. The maximum Gasteiger partial charge on any atom is 2.00 e. The van der Waals surface area contributed by atoms with Crippen LogP contribution in [0.4, 0.5) is 22.7 Å². The van der Waals surface area contributed by atoms with Crippen molar-refractivity contribution in [2.75, 3.05) is 0 Å². The summed E-state index contributed by atoms with van der Waals surface area (Å²) in [5.74, 6) is 0. The Labute approximate surface area is 344 Å². The molecule has 4 aromatic rings. The zero-order valence-corrected chi connectivity index (χ0v) is 33.6. The van der Waals surface area contributed by atoms with Crippen molar-refractivity contribution < 1.29 is 34.1 Å². The first kappa shape index (κ1) is 44.9. The Bertz CT molecular complexity index is 1510. The fourth-order valence-electron chi connectivity index (χ4n) is 4.02. The molecule has 4 aromatic carbocycles. The van der Waals surface area contributed by atoms with E-state index >= 15 is 0 Å². The van der Waals surface area contributed by atoms with Crippen LogP contribution in [0, 0.1) is 0 Å². The normalized spacial score (nSPS) is 12.3. The van der Waals surface area contributed by atoms with Crippen LogP contribution in [0.2, 0.25) is 40.2 Å². The van der Waals surface area contributed by atoms with Crippen LogP contribution < -0.4 is 0 Å². The zero-order valence-electron chi connectivity index (χ0n) is 25.7. The molecule has 2 radical (unpaired) electrons. The molecule has 2 unspecified atom stereocenters. The minimum Gasteiger partial charge on any atom is -0.676 e. The van der Waals surface area contributed by atoms with E-state index in [4.69, 9.17) is 92.8 Å². The third-order valence-corrected chi connectivity index (χ3v) is 8.40. The summed E-state index contributed by atoms with van der Waals surface area (Å²) in [5.41, 5.74) is 3.74. The molecule has 0 amide bonds. The van der Waals surface area contributed by atoms with E-state index in [2.05, 4.69) is 21.3 Å². The first-order valence-electron chi connectivity index (χ1n) is 13.7. The predicted octanol–water partition coefficient (Wildman–Crippen LogP) is 16.6. The fraction of sp³-hybridized carbons (Fsp3) is 0.176. The third-order valence-electron chi connectivity index (χ3n) is 5.96. The SMILES string of the molecule is CC(=CC(C)[N-]c1c(Cl)cccc1Cl)[N-]c1c(Cl)cccc1Cl.CC(=CC(C)[N-]c1c(Cl)cccc1Cl)[N-]c1c(Cl)cccc1Cl.[Cu+2].[Cu+2]. The minimum absolute atomic E-state index is 0. The number of nitrogens with zero attached hydrogens (tertiary/aromatic N) is 4. The van der Waals surface area contributed by atoms with E-state index in [0.29, 0.717) is 62.9 Å². The van der Waals surface area contributed by atoms with Gasteiger partial charge in [-0.2, -0.15) is 11.4 Å². The molecule has 4 nitrogen and oxygen atoms in total. The van der Waals surface area contributed by atoms with Crippen molar-refractivity contribution in [3.05, 3.63) is 158 Å². The summed E-state index contributed by atoms with van der Waals surface area (Å²) in [6.45, 7) is 7.57. The van der Waals surface area contributed by atoms with Gasteiger partial charge in [0, 0.05) is 40.2 Å². The number of benzene rings is 4. The molecule has 0 aromatic heterocycles. The number of hydrogen-bond donors (Lipinski definition) is 0. The van der Waals surface area contributed by atoms with Crippen LogP contribution in [0.5, 0.6) is 0 Å². The second-order valence-electron chi connectivity index (χ2n) is 9.86. The van der Waals surface area contributed by atoms with Crippen molar-refractivity contribution in [1.82, 2.24) is 0 Å². The van der Waals surface area contributed by atoms with Gasteiger partial charge in [-0.05, 0) is 48.5 Å². The Morgan fingerprint density at radius 3 is 0.875 bits per heavy atom. The van der Waals surface area contributed by atoms with Crippen LogP contribution in [-0.2, 0) is 34.1 Å². The molecule has 4 rings (SSSR count). The first-order valence-corrected chi connectivity index (χ1v) is 16.8. The molecule has 0 N–H and O–H groups in total. The molecule has 2 atom stereocenters. The monoisotopic (exact) mass is 898 g/mol. The van der Waals surface area contributed by atoms with Gasteiger partial charge in [0.05, 0.1) is 0 Å². The van der Waals surface area contributed by atoms with Crippen LogP contribution in [0.3, 0.4) is 0 Å². The number of para-hydroxylation sites is 4. The Morgan fingerprint density at radius 1 is 0.438 bits per heavy atom. The van der Waals surface area contributed by atoms with Gasteiger partial charge in [-0.1, -0.05) is 156 Å². The first-order chi connectivity index (χ1) is 21.8. The van der Waals surface area contributed by atoms with E-state index in [1.54, 1.807) is 72.8 Å². The van der Waals surface area contributed by atoms with Crippen molar-refractivity contribution in [2.45, 2.75) is 39.8 Å². The molecular formula is C34H28Cl8Cu2N4. The number of halogens is 8. The van der Waals surface area contributed by atoms with Gasteiger partial charge < -0.3 is 21.3 Å². The Balaban J connectivity index is 0.000000461. The molecule has 0 bridgehead atoms. The van der Waals surface area contributed by atoms with Crippen molar-refractivity contribution in [1.29, 1.82) is 0 Å². The summed E-state index contributed by atoms with van der Waals surface area (Å²) < 4.78 is 0. The van der Waals surface area contributed by atoms with Crippen molar-refractivity contribution in [3.63, 3.8) is 0 Å². The van der Waals surface area contributed by atoms with E-state index in [0.717, 1.165) is 11.4 Å². The average molecular weight is 903 g/mol. The zero-order chi connectivity index (χ0) is 34.0. The summed E-state index contributed by atoms with van der Waals surface area (Å²) >= 11 is 49.0. The minimum atomic E-state index is -0.155. The van der Waals surface area contributed by atoms with Gasteiger partial charge in [0.2, 0.25) is 0 Å². The molecule has 0 heterocycles. The quantitative estimate of drug-likeness (QED) is 0.142. The van der Waals surface area contributed by atoms with Crippen molar-refractivity contribution in [3.8, 4) is 0 Å². The molecule has 0 saturated carbocycles. The number of allylic oxidation sites excluding steroid dienone is 2. The van der Waals surface area contributed by atoms with E-state index in [1.807, 2.05) is 39.8 Å². The molecule has 0 spiro atoms. The van der Waals surface area contributed by atoms with Gasteiger partial charge in [0.1, 0.15) is 0 Å². The molecule has 0 fully saturated rings. The van der Waals surface area contributed by atoms with Gasteiger partial charge in [0.25, 0.3) is 0 Å². The van der Waals surface area contributed by atoms with Crippen LogP contribution in [0.25, 0.3) is 21.3 Å². The van der Waals surface area contributed by atoms with Gasteiger partial charge in [-0.15, -0.1) is 35.6 Å². The second-order valence-corrected chi connectivity index (χ2v) is 13.1. The van der Waals surface area contributed by atoms with Crippen molar-refractivity contribution in [2.24, 2.45) is 0 Å². The maximum absolute atomic E-state index is 6.12. The summed E-state index contributed by atoms with van der Waals surface area (Å²) in [6.07, 6.45) is 3.78. The second kappa shape index (κ2) is 22.0. The molecule has 0 aliphatic carbocycles. The Hall–Kier alpha value is -1.08. The van der Waals surface area contributed by atoms with Gasteiger partial charge in [-0.3, -0.25) is 0 Å². The third kappa shape index (κ3) is 13.9. The average Bonchev–Trinajstić information content (AvgIpc) is 2.97. The summed E-state index contributed by atoms with van der Waals surface area (Å²) in [6, 6.07) is 20.8. The molecule has 48 heavy (non-hydrogen) atoms. The molecular weight excluding hydrogens is 875 g/mol. The molecule has 0 saturated heterocycles. The van der Waals surface area contributed by atoms with E-state index in [-0.39, 0.29) is 46.2 Å². The topological polar surface area (TPSA) is 56.4 Å². The van der Waals surface area contributed by atoms with E-state index < -0.39 is 0 Å². The molecule has 14 heteroatoms. The van der Waals surface area contributed by atoms with Gasteiger partial charge in [0.15, 0.2) is 0 Å². The van der Waals surface area contributed by atoms with Crippen LogP contribution in [0.15, 0.2) is 96.3 Å². The maximum atomic E-state index is 6.12. The van der Waals surface area contributed by atoms with Crippen LogP contribution in [-0.4, -0.2) is 12.1 Å². The Morgan fingerprint density at radius 2 is 0.646 bits per heavy atom. The summed E-state index contributed by atoms with van der Waals surface area (Å²) in [5, 5.41) is 22.0. The molecule has 0 aliphatic rings. The summed E-state index contributed by atoms with van der Waals surface area (Å²) in [4.78, 5) is 0. The number of rotatable bonds is 10. The van der Waals surface area contributed by atoms with E-state index in [9.17, 15) is 0 Å². The predicted molar refractivity (Wildman–Crippen MR) is 204 cm³/mol. The van der Waals surface area contributed by atoms with E-state index in [1.165, 1.54) is 0 Å². The molecule has 262 valence electrons. The van der Waals surface area contributed by atoms with Crippen molar-refractivity contribution >= 4 is 116 Å². The standard InChI is InChI=1S/2C17H14Cl4N2.2Cu/c2*1-10(22-16-12(18)5-3-6-13(16)19)9-11(2)23-17-14(20)7-4-8-15(17)21;;/h2*3-10H,1-2H3;;/q2*-2;2*+2. The molecule has 0 aliphatic heterocycles. The fourth-order valence-corrected chi connectivity index (χ4v) is 5.98. The van der Waals surface area contributed by atoms with Gasteiger partial charge >= 0.3 is 34.1 Å². The number of hydrogen-bond acceptors (Lipinski definition) is 0. The summed E-state index contributed by atoms with van der Waals surface area (Å²) in [7, 11) is 0.